The topological polar surface area (TPSA) is 116 Å². The molecule has 0 amide bonds. The molecule has 0 aliphatic rings. The Bertz CT molecular complexity index is 1140. The van der Waals surface area contributed by atoms with Crippen molar-refractivity contribution >= 4 is 18.4 Å². The monoisotopic (exact) mass is 551 g/mol. The van der Waals surface area contributed by atoms with Crippen molar-refractivity contribution in [3.05, 3.63) is 95.6 Å². The molecule has 3 rings (SSSR count). The first-order valence-electron chi connectivity index (χ1n) is 9.95. The van der Waals surface area contributed by atoms with Gasteiger partial charge in [0.25, 0.3) is 0 Å². The molecule has 3 aromatic rings. The Morgan fingerprint density at radius 2 is 1.44 bits per heavy atom. The first-order chi connectivity index (χ1) is 15.3. The van der Waals surface area contributed by atoms with Crippen molar-refractivity contribution in [2.75, 3.05) is 0 Å². The van der Waals surface area contributed by atoms with Gasteiger partial charge in [0.2, 0.25) is 5.44 Å². The molecular weight excluding hydrogens is 529 g/mol. The maximum absolute atomic E-state index is 11.1. The van der Waals surface area contributed by atoms with E-state index in [9.17, 15) is 22.4 Å². The van der Waals surface area contributed by atoms with Crippen molar-refractivity contribution in [2.45, 2.75) is 31.1 Å². The van der Waals surface area contributed by atoms with Gasteiger partial charge >= 0.3 is 111 Å². The standard InChI is InChI=1S/C23H23O7PS.2K/c24-31(25)30-23(32(26,27)28)11-5-9-19-8-4-10-22(17-19)29-21-14-12-20(13-15-21)16-18-6-2-1-3-7-18;;/h1-4,6-8,10,12-15,17,23H,5,9,11,16H2,(H,26,27,28);;/q;2*+1/p-1. The van der Waals surface area contributed by atoms with Crippen molar-refractivity contribution < 1.29 is 134 Å². The predicted octanol–water partition coefficient (Wildman–Crippen LogP) is -1.69. The molecule has 0 fully saturated rings. The minimum absolute atomic E-state index is 0. The fourth-order valence-corrected chi connectivity index (χ4v) is 4.61. The zero-order chi connectivity index (χ0) is 23.0. The van der Waals surface area contributed by atoms with Crippen LogP contribution in [0.4, 0.5) is 0 Å². The Morgan fingerprint density at radius 1 is 0.824 bits per heavy atom. The fourth-order valence-electron chi connectivity index (χ4n) is 3.23. The fraction of sp³-hybridized carbons (Fsp3) is 0.217. The van der Waals surface area contributed by atoms with Gasteiger partial charge in [-0.05, 0) is 71.2 Å². The van der Waals surface area contributed by atoms with Crippen LogP contribution in [0.25, 0.3) is 0 Å². The molecule has 0 saturated carbocycles. The summed E-state index contributed by atoms with van der Waals surface area (Å²) in [6, 6.07) is 25.3. The maximum Gasteiger partial charge on any atom is 1.00 e. The molecule has 168 valence electrons. The first kappa shape index (κ1) is 32.7. The van der Waals surface area contributed by atoms with Crippen LogP contribution < -0.4 is 112 Å². The van der Waals surface area contributed by atoms with Crippen molar-refractivity contribution in [3.8, 4) is 11.5 Å². The number of hydrogen-bond donors (Lipinski definition) is 0. The van der Waals surface area contributed by atoms with E-state index in [1.807, 2.05) is 54.6 Å². The average molecular weight is 552 g/mol. The normalized spacial score (nSPS) is 12.1. The smallest absolute Gasteiger partial charge is 0.746 e. The van der Waals surface area contributed by atoms with Crippen molar-refractivity contribution in [2.24, 2.45) is 0 Å². The van der Waals surface area contributed by atoms with E-state index >= 15 is 0 Å². The summed E-state index contributed by atoms with van der Waals surface area (Å²) in [6.45, 7) is 0. The van der Waals surface area contributed by atoms with Crippen molar-refractivity contribution in [3.63, 3.8) is 0 Å². The number of aryl methyl sites for hydroxylation is 1. The van der Waals surface area contributed by atoms with Gasteiger partial charge in [-0.1, -0.05) is 54.6 Å². The van der Waals surface area contributed by atoms with Gasteiger partial charge in [0, 0.05) is 0 Å². The molecule has 34 heavy (non-hydrogen) atoms. The summed E-state index contributed by atoms with van der Waals surface area (Å²) in [4.78, 5) is 10.6. The Labute approximate surface area is 286 Å². The van der Waals surface area contributed by atoms with Crippen molar-refractivity contribution in [1.29, 1.82) is 0 Å². The second kappa shape index (κ2) is 16.5. The van der Waals surface area contributed by atoms with Gasteiger partial charge in [-0.15, -0.1) is 4.52 Å². The van der Waals surface area contributed by atoms with Gasteiger partial charge in [0.15, 0.2) is 0 Å². The van der Waals surface area contributed by atoms with Crippen LogP contribution in [0.3, 0.4) is 0 Å². The number of ether oxygens (including phenoxy) is 1. The molecule has 0 N–H and O–H groups in total. The Kier molecular flexibility index (Phi) is 15.9. The van der Waals surface area contributed by atoms with E-state index in [2.05, 4.69) is 16.7 Å². The van der Waals surface area contributed by atoms with Crippen molar-refractivity contribution in [1.82, 2.24) is 0 Å². The van der Waals surface area contributed by atoms with E-state index in [-0.39, 0.29) is 116 Å². The largest absolute Gasteiger partial charge is 1.00 e. The molecular formula is C23H22K2O7PS+. The number of rotatable bonds is 11. The molecule has 0 heterocycles. The zero-order valence-electron chi connectivity index (χ0n) is 19.1. The summed E-state index contributed by atoms with van der Waals surface area (Å²) >= 11 is 0. The third kappa shape index (κ3) is 11.8. The number of benzene rings is 3. The summed E-state index contributed by atoms with van der Waals surface area (Å²) in [5, 5.41) is 0. The molecule has 0 aliphatic heterocycles. The summed E-state index contributed by atoms with van der Waals surface area (Å²) < 4.78 is 54.1. The first-order valence-corrected chi connectivity index (χ1v) is 12.5. The van der Waals surface area contributed by atoms with Crippen LogP contribution >= 0.6 is 8.25 Å². The molecule has 2 unspecified atom stereocenters. The van der Waals surface area contributed by atoms with Crippen LogP contribution in [0.15, 0.2) is 78.9 Å². The SMILES string of the molecule is O=[P+]([O-])OC(CCCc1cccc(Oc2ccc(Cc3ccccc3)cc2)c1)S(=O)(=O)[O-].[K+].[K+]. The molecule has 11 heteroatoms. The van der Waals surface area contributed by atoms with Crippen LogP contribution in [-0.2, 0) is 32.0 Å². The third-order valence-electron chi connectivity index (χ3n) is 4.74. The minimum Gasteiger partial charge on any atom is -0.746 e. The average Bonchev–Trinajstić information content (AvgIpc) is 2.75. The van der Waals surface area contributed by atoms with Gasteiger partial charge in [0.05, 0.1) is 0 Å². The Balaban J connectivity index is 0.00000289. The second-order valence-corrected chi connectivity index (χ2v) is 9.37. The van der Waals surface area contributed by atoms with Crippen LogP contribution in [-0.4, -0.2) is 18.4 Å². The molecule has 0 aromatic heterocycles. The second-order valence-electron chi connectivity index (χ2n) is 7.20. The van der Waals surface area contributed by atoms with E-state index in [4.69, 9.17) is 4.74 Å². The van der Waals surface area contributed by atoms with Crippen LogP contribution in [0.1, 0.15) is 29.5 Å². The van der Waals surface area contributed by atoms with Gasteiger partial charge in [-0.3, -0.25) is 0 Å². The molecule has 0 radical (unpaired) electrons. The molecule has 0 bridgehead atoms. The van der Waals surface area contributed by atoms with Crippen LogP contribution in [0, 0.1) is 0 Å². The predicted molar refractivity (Wildman–Crippen MR) is 117 cm³/mol. The summed E-state index contributed by atoms with van der Waals surface area (Å²) in [7, 11) is -8.29. The molecule has 0 aliphatic carbocycles. The van der Waals surface area contributed by atoms with E-state index in [0.717, 1.165) is 12.0 Å². The Hall–Kier alpha value is 0.663. The van der Waals surface area contributed by atoms with Gasteiger partial charge in [-0.2, -0.15) is 0 Å². The van der Waals surface area contributed by atoms with Gasteiger partial charge in [0.1, 0.15) is 21.6 Å². The van der Waals surface area contributed by atoms with E-state index in [1.165, 1.54) is 11.1 Å². The van der Waals surface area contributed by atoms with Gasteiger partial charge in [-0.25, -0.2) is 8.42 Å². The Morgan fingerprint density at radius 3 is 2.06 bits per heavy atom. The number of hydrogen-bond acceptors (Lipinski definition) is 7. The third-order valence-corrected chi connectivity index (χ3v) is 6.28. The summed E-state index contributed by atoms with van der Waals surface area (Å²) in [6.07, 6.45) is 1.30. The van der Waals surface area contributed by atoms with Gasteiger partial charge < -0.3 is 14.2 Å². The molecule has 0 saturated heterocycles. The molecule has 0 spiro atoms. The summed E-state index contributed by atoms with van der Waals surface area (Å²) in [5.74, 6) is 1.30. The summed E-state index contributed by atoms with van der Waals surface area (Å²) in [5.41, 5.74) is 1.35. The van der Waals surface area contributed by atoms with Crippen LogP contribution in [0.2, 0.25) is 0 Å². The maximum atomic E-state index is 11.1. The molecule has 2 atom stereocenters. The van der Waals surface area contributed by atoms with Crippen LogP contribution in [0.5, 0.6) is 11.5 Å². The quantitative estimate of drug-likeness (QED) is 0.159. The molecule has 3 aromatic carbocycles. The zero-order valence-corrected chi connectivity index (χ0v) is 27.1. The minimum atomic E-state index is -4.87. The van der Waals surface area contributed by atoms with E-state index in [0.29, 0.717) is 17.9 Å². The van der Waals surface area contributed by atoms with E-state index < -0.39 is 23.8 Å². The van der Waals surface area contributed by atoms with E-state index in [1.54, 1.807) is 12.1 Å². The molecule has 7 nitrogen and oxygen atoms in total.